The minimum Gasteiger partial charge on any atom is -0.330 e. The Balaban J connectivity index is 0.00000225. The van der Waals surface area contributed by atoms with Crippen molar-refractivity contribution in [2.45, 2.75) is 19.4 Å². The van der Waals surface area contributed by atoms with Crippen molar-refractivity contribution in [2.75, 3.05) is 6.54 Å². The molecule has 1 rings (SSSR count). The second kappa shape index (κ2) is 6.97. The van der Waals surface area contributed by atoms with Gasteiger partial charge in [0, 0.05) is 18.7 Å². The molecule has 0 aromatic carbocycles. The molecule has 0 aliphatic heterocycles. The van der Waals surface area contributed by atoms with Crippen LogP contribution in [0.5, 0.6) is 0 Å². The Labute approximate surface area is 98.6 Å². The van der Waals surface area contributed by atoms with Gasteiger partial charge in [0.05, 0.1) is 11.1 Å². The number of nitro groups is 1. The molecule has 1 heterocycles. The highest BCUT2D eigenvalue weighted by Gasteiger charge is 2.06. The van der Waals surface area contributed by atoms with Crippen molar-refractivity contribution in [3.05, 3.63) is 38.8 Å². The van der Waals surface area contributed by atoms with E-state index in [9.17, 15) is 14.9 Å². The van der Waals surface area contributed by atoms with E-state index in [-0.39, 0.29) is 23.7 Å². The van der Waals surface area contributed by atoms with Crippen LogP contribution >= 0.6 is 12.4 Å². The van der Waals surface area contributed by atoms with E-state index < -0.39 is 4.92 Å². The first-order chi connectivity index (χ1) is 7.15. The summed E-state index contributed by atoms with van der Waals surface area (Å²) in [6.07, 6.45) is 2.81. The molecule has 0 radical (unpaired) electrons. The Bertz CT molecular complexity index is 405. The molecule has 1 aromatic rings. The van der Waals surface area contributed by atoms with Crippen molar-refractivity contribution in [2.24, 2.45) is 5.73 Å². The molecule has 0 aliphatic rings. The topological polar surface area (TPSA) is 91.2 Å². The number of aromatic nitrogens is 1. The molecule has 0 spiro atoms. The quantitative estimate of drug-likeness (QED) is 0.476. The lowest BCUT2D eigenvalue weighted by Crippen LogP contribution is -2.19. The average Bonchev–Trinajstić information content (AvgIpc) is 2.20. The molecule has 0 unspecified atom stereocenters. The molecule has 0 saturated carbocycles. The summed E-state index contributed by atoms with van der Waals surface area (Å²) in [5, 5.41) is 10.5. The SMILES string of the molecule is Cl.NCCCCn1cc([N+](=O)[O-])ccc1=O. The molecule has 2 N–H and O–H groups in total. The normalized spacial score (nSPS) is 9.56. The maximum absolute atomic E-state index is 11.3. The van der Waals surface area contributed by atoms with Gasteiger partial charge in [-0.3, -0.25) is 14.9 Å². The van der Waals surface area contributed by atoms with Crippen LogP contribution in [0.25, 0.3) is 0 Å². The number of nitrogens with two attached hydrogens (primary N) is 1. The molecule has 6 nitrogen and oxygen atoms in total. The van der Waals surface area contributed by atoms with Crippen LogP contribution in [-0.2, 0) is 6.54 Å². The lowest BCUT2D eigenvalue weighted by Gasteiger charge is -2.03. The van der Waals surface area contributed by atoms with E-state index in [0.717, 1.165) is 12.8 Å². The first-order valence-electron chi connectivity index (χ1n) is 4.70. The predicted octanol–water partition coefficient (Wildman–Crippen LogP) is 0.917. The Morgan fingerprint density at radius 1 is 1.38 bits per heavy atom. The lowest BCUT2D eigenvalue weighted by atomic mass is 10.3. The van der Waals surface area contributed by atoms with Gasteiger partial charge in [0.1, 0.15) is 0 Å². The summed E-state index contributed by atoms with van der Waals surface area (Å²) >= 11 is 0. The van der Waals surface area contributed by atoms with E-state index in [4.69, 9.17) is 5.73 Å². The first kappa shape index (κ1) is 14.6. The molecule has 0 atom stereocenters. The van der Waals surface area contributed by atoms with Gasteiger partial charge in [-0.25, -0.2) is 0 Å². The average molecular weight is 248 g/mol. The van der Waals surface area contributed by atoms with Crippen LogP contribution in [0.3, 0.4) is 0 Å². The summed E-state index contributed by atoms with van der Waals surface area (Å²) < 4.78 is 1.34. The van der Waals surface area contributed by atoms with Gasteiger partial charge >= 0.3 is 0 Å². The Morgan fingerprint density at radius 3 is 2.62 bits per heavy atom. The Hall–Kier alpha value is -1.40. The fourth-order valence-corrected chi connectivity index (χ4v) is 1.23. The molecule has 7 heteroatoms. The Kier molecular flexibility index (Phi) is 6.36. The third kappa shape index (κ3) is 4.00. The molecule has 0 fully saturated rings. The van der Waals surface area contributed by atoms with E-state index in [1.165, 1.54) is 22.9 Å². The summed E-state index contributed by atoms with van der Waals surface area (Å²) in [4.78, 5) is 21.2. The highest BCUT2D eigenvalue weighted by molar-refractivity contribution is 5.85. The van der Waals surface area contributed by atoms with Crippen LogP contribution in [0.15, 0.2) is 23.1 Å². The van der Waals surface area contributed by atoms with Gasteiger partial charge in [-0.1, -0.05) is 0 Å². The fraction of sp³-hybridized carbons (Fsp3) is 0.444. The van der Waals surface area contributed by atoms with Crippen molar-refractivity contribution in [3.8, 4) is 0 Å². The zero-order valence-corrected chi connectivity index (χ0v) is 9.48. The van der Waals surface area contributed by atoms with Crippen LogP contribution in [0, 0.1) is 10.1 Å². The third-order valence-electron chi connectivity index (χ3n) is 2.03. The smallest absolute Gasteiger partial charge is 0.285 e. The van der Waals surface area contributed by atoms with Crippen LogP contribution in [0.2, 0.25) is 0 Å². The number of hydrogen-bond acceptors (Lipinski definition) is 4. The van der Waals surface area contributed by atoms with Gasteiger partial charge in [-0.05, 0) is 19.4 Å². The monoisotopic (exact) mass is 247 g/mol. The lowest BCUT2D eigenvalue weighted by molar-refractivity contribution is -0.385. The second-order valence-electron chi connectivity index (χ2n) is 3.17. The molecule has 0 amide bonds. The van der Waals surface area contributed by atoms with Gasteiger partial charge in [-0.15, -0.1) is 12.4 Å². The molecular weight excluding hydrogens is 234 g/mol. The van der Waals surface area contributed by atoms with Gasteiger partial charge < -0.3 is 10.3 Å². The van der Waals surface area contributed by atoms with Crippen molar-refractivity contribution < 1.29 is 4.92 Å². The standard InChI is InChI=1S/C9H13N3O3.ClH/c10-5-1-2-6-11-7-8(12(14)15)3-4-9(11)13;/h3-4,7H,1-2,5-6,10H2;1H. The van der Waals surface area contributed by atoms with Crippen molar-refractivity contribution in [3.63, 3.8) is 0 Å². The first-order valence-corrected chi connectivity index (χ1v) is 4.70. The van der Waals surface area contributed by atoms with Gasteiger partial charge in [0.25, 0.3) is 11.2 Å². The van der Waals surface area contributed by atoms with Gasteiger partial charge in [-0.2, -0.15) is 0 Å². The number of hydrogen-bond donors (Lipinski definition) is 1. The summed E-state index contributed by atoms with van der Waals surface area (Å²) in [6.45, 7) is 1.03. The summed E-state index contributed by atoms with van der Waals surface area (Å²) in [7, 11) is 0. The van der Waals surface area contributed by atoms with Crippen LogP contribution in [0.4, 0.5) is 5.69 Å². The van der Waals surface area contributed by atoms with Crippen molar-refractivity contribution >= 4 is 18.1 Å². The molecule has 16 heavy (non-hydrogen) atoms. The number of aryl methyl sites for hydroxylation is 1. The third-order valence-corrected chi connectivity index (χ3v) is 2.03. The number of pyridine rings is 1. The van der Waals surface area contributed by atoms with Crippen molar-refractivity contribution in [1.29, 1.82) is 0 Å². The van der Waals surface area contributed by atoms with Gasteiger partial charge in [0.2, 0.25) is 0 Å². The van der Waals surface area contributed by atoms with E-state index in [1.807, 2.05) is 0 Å². The van der Waals surface area contributed by atoms with Crippen LogP contribution < -0.4 is 11.3 Å². The minimum absolute atomic E-state index is 0. The zero-order valence-electron chi connectivity index (χ0n) is 8.67. The van der Waals surface area contributed by atoms with Crippen LogP contribution in [0.1, 0.15) is 12.8 Å². The van der Waals surface area contributed by atoms with E-state index in [2.05, 4.69) is 0 Å². The number of unbranched alkanes of at least 4 members (excludes halogenated alkanes) is 1. The molecular formula is C9H14ClN3O3. The molecule has 90 valence electrons. The second-order valence-corrected chi connectivity index (χ2v) is 3.17. The Morgan fingerprint density at radius 2 is 2.06 bits per heavy atom. The van der Waals surface area contributed by atoms with E-state index in [0.29, 0.717) is 13.1 Å². The van der Waals surface area contributed by atoms with Gasteiger partial charge in [0.15, 0.2) is 0 Å². The molecule has 0 saturated heterocycles. The highest BCUT2D eigenvalue weighted by atomic mass is 35.5. The number of nitrogens with zero attached hydrogens (tertiary/aromatic N) is 2. The summed E-state index contributed by atoms with van der Waals surface area (Å²) in [6, 6.07) is 2.42. The molecule has 0 aliphatic carbocycles. The molecule has 1 aromatic heterocycles. The minimum atomic E-state index is -0.515. The number of rotatable bonds is 5. The largest absolute Gasteiger partial charge is 0.330 e. The zero-order chi connectivity index (χ0) is 11.3. The van der Waals surface area contributed by atoms with Crippen LogP contribution in [-0.4, -0.2) is 16.0 Å². The molecule has 0 bridgehead atoms. The predicted molar refractivity (Wildman–Crippen MR) is 62.9 cm³/mol. The fourth-order valence-electron chi connectivity index (χ4n) is 1.23. The van der Waals surface area contributed by atoms with E-state index in [1.54, 1.807) is 0 Å². The highest BCUT2D eigenvalue weighted by Crippen LogP contribution is 2.06. The van der Waals surface area contributed by atoms with Crippen molar-refractivity contribution in [1.82, 2.24) is 4.57 Å². The number of halogens is 1. The summed E-state index contributed by atoms with van der Waals surface area (Å²) in [5.41, 5.74) is 5.02. The maximum Gasteiger partial charge on any atom is 0.285 e. The maximum atomic E-state index is 11.3. The van der Waals surface area contributed by atoms with E-state index >= 15 is 0 Å². The summed E-state index contributed by atoms with van der Waals surface area (Å²) in [5.74, 6) is 0.